The SMILES string of the molecule is C=CCCCCCC/C=C\CCCCCCCC=O. The Hall–Kier alpha value is -0.850. The second-order valence-electron chi connectivity index (χ2n) is 5.26. The second kappa shape index (κ2) is 17.2. The highest BCUT2D eigenvalue weighted by atomic mass is 16.1. The zero-order valence-electron chi connectivity index (χ0n) is 12.6. The fourth-order valence-corrected chi connectivity index (χ4v) is 2.16. The van der Waals surface area contributed by atoms with Gasteiger partial charge in [0.05, 0.1) is 0 Å². The van der Waals surface area contributed by atoms with E-state index in [4.69, 9.17) is 0 Å². The maximum absolute atomic E-state index is 10.1. The lowest BCUT2D eigenvalue weighted by atomic mass is 10.1. The van der Waals surface area contributed by atoms with Crippen LogP contribution < -0.4 is 0 Å². The molecular weight excluding hydrogens is 232 g/mol. The van der Waals surface area contributed by atoms with Gasteiger partial charge in [-0.15, -0.1) is 6.58 Å². The van der Waals surface area contributed by atoms with Gasteiger partial charge in [-0.3, -0.25) is 0 Å². The molecule has 1 heteroatoms. The number of carbonyl (C=O) groups excluding carboxylic acids is 1. The van der Waals surface area contributed by atoms with Crippen molar-refractivity contribution in [3.63, 3.8) is 0 Å². The summed E-state index contributed by atoms with van der Waals surface area (Å²) >= 11 is 0. The number of unbranched alkanes of at least 4 members (excludes halogenated alkanes) is 11. The standard InChI is InChI=1S/C18H32O/c1-2-3-4-5-6-7-8-9-10-11-12-13-14-15-16-17-18-19/h2,9-10,18H,1,3-8,11-17H2/b10-9-. The summed E-state index contributed by atoms with van der Waals surface area (Å²) in [5.74, 6) is 0. The Morgan fingerprint density at radius 3 is 1.47 bits per heavy atom. The van der Waals surface area contributed by atoms with Crippen molar-refractivity contribution in [2.45, 2.75) is 83.5 Å². The maximum atomic E-state index is 10.1. The van der Waals surface area contributed by atoms with Crippen molar-refractivity contribution >= 4 is 6.29 Å². The van der Waals surface area contributed by atoms with Crippen molar-refractivity contribution in [3.05, 3.63) is 24.8 Å². The molecular formula is C18H32O. The first-order valence-electron chi connectivity index (χ1n) is 8.11. The van der Waals surface area contributed by atoms with Gasteiger partial charge in [0.1, 0.15) is 6.29 Å². The normalized spacial score (nSPS) is 10.9. The molecule has 0 radical (unpaired) electrons. The number of rotatable bonds is 15. The zero-order chi connectivity index (χ0) is 14.0. The van der Waals surface area contributed by atoms with Crippen LogP contribution in [0.5, 0.6) is 0 Å². The fraction of sp³-hybridized carbons (Fsp3) is 0.722. The molecule has 19 heavy (non-hydrogen) atoms. The average molecular weight is 264 g/mol. The Balaban J connectivity index is 3.04. The van der Waals surface area contributed by atoms with Crippen LogP contribution in [0.4, 0.5) is 0 Å². The molecule has 0 saturated heterocycles. The molecule has 0 aliphatic rings. The summed E-state index contributed by atoms with van der Waals surface area (Å²) in [4.78, 5) is 10.1. The first-order valence-corrected chi connectivity index (χ1v) is 8.11. The molecule has 1 nitrogen and oxygen atoms in total. The largest absolute Gasteiger partial charge is 0.303 e. The highest BCUT2D eigenvalue weighted by Gasteiger charge is 1.90. The molecule has 110 valence electrons. The predicted octanol–water partition coefficient (Wildman–Crippen LogP) is 6.00. The maximum Gasteiger partial charge on any atom is 0.119 e. The topological polar surface area (TPSA) is 17.1 Å². The molecule has 0 aromatic carbocycles. The minimum absolute atomic E-state index is 0.743. The molecule has 0 N–H and O–H groups in total. The van der Waals surface area contributed by atoms with Gasteiger partial charge in [-0.25, -0.2) is 0 Å². The lowest BCUT2D eigenvalue weighted by Crippen LogP contribution is -1.80. The van der Waals surface area contributed by atoms with E-state index >= 15 is 0 Å². The van der Waals surface area contributed by atoms with Crippen LogP contribution in [0, 0.1) is 0 Å². The van der Waals surface area contributed by atoms with Crippen LogP contribution in [0.15, 0.2) is 24.8 Å². The van der Waals surface area contributed by atoms with Crippen molar-refractivity contribution < 1.29 is 4.79 Å². The Morgan fingerprint density at radius 1 is 0.579 bits per heavy atom. The van der Waals surface area contributed by atoms with E-state index in [0.29, 0.717) is 0 Å². The first-order chi connectivity index (χ1) is 9.41. The molecule has 0 aliphatic carbocycles. The minimum atomic E-state index is 0.743. The molecule has 0 heterocycles. The van der Waals surface area contributed by atoms with Crippen molar-refractivity contribution in [3.8, 4) is 0 Å². The molecule has 0 aliphatic heterocycles. The Bertz CT molecular complexity index is 218. The summed E-state index contributed by atoms with van der Waals surface area (Å²) in [6, 6.07) is 0. The van der Waals surface area contributed by atoms with Crippen molar-refractivity contribution in [2.24, 2.45) is 0 Å². The first kappa shape index (κ1) is 18.1. The molecule has 0 atom stereocenters. The second-order valence-corrected chi connectivity index (χ2v) is 5.26. The average Bonchev–Trinajstić information content (AvgIpc) is 2.43. The Kier molecular flexibility index (Phi) is 16.4. The summed E-state index contributed by atoms with van der Waals surface area (Å²) in [6.45, 7) is 3.74. The predicted molar refractivity (Wildman–Crippen MR) is 85.4 cm³/mol. The van der Waals surface area contributed by atoms with E-state index in [9.17, 15) is 4.79 Å². The van der Waals surface area contributed by atoms with E-state index in [0.717, 1.165) is 19.1 Å². The third kappa shape index (κ3) is 17.1. The minimum Gasteiger partial charge on any atom is -0.303 e. The van der Waals surface area contributed by atoms with Gasteiger partial charge in [0.15, 0.2) is 0 Å². The van der Waals surface area contributed by atoms with E-state index in [1.165, 1.54) is 70.6 Å². The monoisotopic (exact) mass is 264 g/mol. The summed E-state index contributed by atoms with van der Waals surface area (Å²) in [7, 11) is 0. The lowest BCUT2D eigenvalue weighted by Gasteiger charge is -1.98. The van der Waals surface area contributed by atoms with Gasteiger partial charge in [0, 0.05) is 6.42 Å². The van der Waals surface area contributed by atoms with Crippen LogP contribution in [0.3, 0.4) is 0 Å². The van der Waals surface area contributed by atoms with Gasteiger partial charge in [-0.1, -0.05) is 50.3 Å². The molecule has 0 bridgehead atoms. The van der Waals surface area contributed by atoms with E-state index in [1.54, 1.807) is 0 Å². The Labute approximate surface area is 120 Å². The number of hydrogen-bond donors (Lipinski definition) is 0. The van der Waals surface area contributed by atoms with Gasteiger partial charge in [-0.05, 0) is 44.9 Å². The molecule has 0 saturated carbocycles. The number of carbonyl (C=O) groups is 1. The van der Waals surface area contributed by atoms with Crippen LogP contribution in [-0.2, 0) is 4.79 Å². The summed E-state index contributed by atoms with van der Waals surface area (Å²) < 4.78 is 0. The molecule has 0 fully saturated rings. The summed E-state index contributed by atoms with van der Waals surface area (Å²) in [5.41, 5.74) is 0. The third-order valence-electron chi connectivity index (χ3n) is 3.39. The fourth-order valence-electron chi connectivity index (χ4n) is 2.16. The van der Waals surface area contributed by atoms with Crippen molar-refractivity contribution in [1.29, 1.82) is 0 Å². The Morgan fingerprint density at radius 2 is 1.00 bits per heavy atom. The zero-order valence-corrected chi connectivity index (χ0v) is 12.6. The third-order valence-corrected chi connectivity index (χ3v) is 3.39. The summed E-state index contributed by atoms with van der Waals surface area (Å²) in [6.07, 6.45) is 23.6. The molecule has 0 spiro atoms. The van der Waals surface area contributed by atoms with Gasteiger partial charge < -0.3 is 4.79 Å². The quantitative estimate of drug-likeness (QED) is 0.201. The number of hydrogen-bond acceptors (Lipinski definition) is 1. The highest BCUT2D eigenvalue weighted by Crippen LogP contribution is 2.09. The smallest absolute Gasteiger partial charge is 0.119 e. The molecule has 0 rings (SSSR count). The van der Waals surface area contributed by atoms with Crippen LogP contribution in [0.25, 0.3) is 0 Å². The van der Waals surface area contributed by atoms with E-state index in [-0.39, 0.29) is 0 Å². The molecule has 0 unspecified atom stereocenters. The summed E-state index contributed by atoms with van der Waals surface area (Å²) in [5, 5.41) is 0. The van der Waals surface area contributed by atoms with Gasteiger partial charge in [0.25, 0.3) is 0 Å². The van der Waals surface area contributed by atoms with Gasteiger partial charge in [0.2, 0.25) is 0 Å². The molecule has 0 amide bonds. The number of allylic oxidation sites excluding steroid dienone is 3. The van der Waals surface area contributed by atoms with E-state index in [2.05, 4.69) is 18.7 Å². The highest BCUT2D eigenvalue weighted by molar-refractivity contribution is 5.48. The van der Waals surface area contributed by atoms with E-state index in [1.807, 2.05) is 6.08 Å². The van der Waals surface area contributed by atoms with Crippen molar-refractivity contribution in [2.75, 3.05) is 0 Å². The van der Waals surface area contributed by atoms with Gasteiger partial charge in [-0.2, -0.15) is 0 Å². The van der Waals surface area contributed by atoms with Crippen LogP contribution in [-0.4, -0.2) is 6.29 Å². The lowest BCUT2D eigenvalue weighted by molar-refractivity contribution is -0.107. The number of aldehydes is 1. The molecule has 0 aromatic rings. The van der Waals surface area contributed by atoms with Crippen LogP contribution >= 0.6 is 0 Å². The molecule has 0 aromatic heterocycles. The van der Waals surface area contributed by atoms with Crippen LogP contribution in [0.2, 0.25) is 0 Å². The van der Waals surface area contributed by atoms with Crippen molar-refractivity contribution in [1.82, 2.24) is 0 Å². The van der Waals surface area contributed by atoms with Gasteiger partial charge >= 0.3 is 0 Å². The van der Waals surface area contributed by atoms with Crippen LogP contribution in [0.1, 0.15) is 83.5 Å². The van der Waals surface area contributed by atoms with E-state index < -0.39 is 0 Å².